The summed E-state index contributed by atoms with van der Waals surface area (Å²) in [6, 6.07) is 8.44. The largest absolute Gasteiger partial charge is 0.486 e. The lowest BCUT2D eigenvalue weighted by atomic mass is 10.0. The van der Waals surface area contributed by atoms with Crippen LogP contribution in [0.25, 0.3) is 0 Å². The average Bonchev–Trinajstić information content (AvgIpc) is 2.53. The molecule has 0 radical (unpaired) electrons. The van der Waals surface area contributed by atoms with Crippen LogP contribution in [-0.4, -0.2) is 37.2 Å². The van der Waals surface area contributed by atoms with Gasteiger partial charge in [0.1, 0.15) is 19.3 Å². The van der Waals surface area contributed by atoms with Crippen LogP contribution >= 0.6 is 0 Å². The van der Waals surface area contributed by atoms with Gasteiger partial charge in [-0.05, 0) is 43.6 Å². The van der Waals surface area contributed by atoms with Gasteiger partial charge in [-0.2, -0.15) is 5.26 Å². The number of ether oxygens (including phenoxy) is 2. The summed E-state index contributed by atoms with van der Waals surface area (Å²) < 4.78 is 11.1. The summed E-state index contributed by atoms with van der Waals surface area (Å²) in [7, 11) is 0. The third kappa shape index (κ3) is 2.88. The molecule has 2 heterocycles. The van der Waals surface area contributed by atoms with Gasteiger partial charge in [0.25, 0.3) is 0 Å². The summed E-state index contributed by atoms with van der Waals surface area (Å²) in [5, 5.41) is 9.43. The zero-order valence-electron chi connectivity index (χ0n) is 11.7. The van der Waals surface area contributed by atoms with Crippen molar-refractivity contribution in [3.05, 3.63) is 23.8 Å². The molecule has 0 bridgehead atoms. The van der Waals surface area contributed by atoms with Crippen molar-refractivity contribution < 1.29 is 9.47 Å². The summed E-state index contributed by atoms with van der Waals surface area (Å²) in [5.41, 5.74) is 1.14. The Kier molecular flexibility index (Phi) is 4.08. The van der Waals surface area contributed by atoms with E-state index in [2.05, 4.69) is 11.0 Å². The monoisotopic (exact) mass is 272 g/mol. The number of hydrogen-bond acceptors (Lipinski definition) is 4. The molecule has 0 spiro atoms. The lowest BCUT2D eigenvalue weighted by Crippen LogP contribution is -2.39. The van der Waals surface area contributed by atoms with Crippen molar-refractivity contribution in [3.63, 3.8) is 0 Å². The van der Waals surface area contributed by atoms with Gasteiger partial charge in [-0.15, -0.1) is 0 Å². The second-order valence-electron chi connectivity index (χ2n) is 5.42. The molecule has 0 amide bonds. The maximum absolute atomic E-state index is 9.43. The van der Waals surface area contributed by atoms with Crippen molar-refractivity contribution in [3.8, 4) is 17.6 Å². The van der Waals surface area contributed by atoms with Gasteiger partial charge in [0.2, 0.25) is 0 Å². The Balaban J connectivity index is 1.70. The lowest BCUT2D eigenvalue weighted by Gasteiger charge is -2.30. The molecule has 1 aromatic carbocycles. The second-order valence-corrected chi connectivity index (χ2v) is 5.42. The van der Waals surface area contributed by atoms with E-state index in [1.807, 2.05) is 18.2 Å². The molecular formula is C16H20N2O2. The van der Waals surface area contributed by atoms with Gasteiger partial charge in [-0.1, -0.05) is 12.5 Å². The Morgan fingerprint density at radius 1 is 1.10 bits per heavy atom. The van der Waals surface area contributed by atoms with Crippen LogP contribution in [0.1, 0.15) is 24.8 Å². The van der Waals surface area contributed by atoms with Gasteiger partial charge in [0.15, 0.2) is 11.5 Å². The van der Waals surface area contributed by atoms with Gasteiger partial charge in [-0.25, -0.2) is 0 Å². The van der Waals surface area contributed by atoms with Crippen LogP contribution in [0.5, 0.6) is 11.5 Å². The minimum absolute atomic E-state index is 0.0298. The predicted octanol–water partition coefficient (Wildman–Crippen LogP) is 2.38. The highest BCUT2D eigenvalue weighted by Gasteiger charge is 2.21. The number of rotatable bonds is 3. The first-order valence-corrected chi connectivity index (χ1v) is 7.39. The highest BCUT2D eigenvalue weighted by molar-refractivity contribution is 5.44. The summed E-state index contributed by atoms with van der Waals surface area (Å²) >= 11 is 0. The highest BCUT2D eigenvalue weighted by atomic mass is 16.6. The van der Waals surface area contributed by atoms with E-state index in [9.17, 15) is 5.26 Å². The molecule has 0 aliphatic carbocycles. The van der Waals surface area contributed by atoms with Crippen LogP contribution in [0.3, 0.4) is 0 Å². The molecule has 2 aliphatic heterocycles. The van der Waals surface area contributed by atoms with Crippen LogP contribution in [0.2, 0.25) is 0 Å². The Hall–Kier alpha value is -1.73. The highest BCUT2D eigenvalue weighted by Crippen LogP contribution is 2.31. The first-order valence-electron chi connectivity index (χ1n) is 7.39. The zero-order valence-corrected chi connectivity index (χ0v) is 11.7. The van der Waals surface area contributed by atoms with E-state index in [1.54, 1.807) is 0 Å². The van der Waals surface area contributed by atoms with Gasteiger partial charge in [0.05, 0.1) is 6.07 Å². The molecule has 1 atom stereocenters. The normalized spacial score (nSPS) is 20.1. The van der Waals surface area contributed by atoms with E-state index < -0.39 is 0 Å². The smallest absolute Gasteiger partial charge is 0.161 e. The molecule has 106 valence electrons. The summed E-state index contributed by atoms with van der Waals surface area (Å²) in [6.07, 6.45) is 4.46. The Morgan fingerprint density at radius 2 is 1.85 bits per heavy atom. The molecule has 1 aromatic rings. The predicted molar refractivity (Wildman–Crippen MR) is 76.0 cm³/mol. The van der Waals surface area contributed by atoms with Crippen molar-refractivity contribution in [2.24, 2.45) is 0 Å². The summed E-state index contributed by atoms with van der Waals surface area (Å²) in [5.74, 6) is 1.62. The van der Waals surface area contributed by atoms with Gasteiger partial charge in [0, 0.05) is 6.42 Å². The third-order valence-corrected chi connectivity index (χ3v) is 4.02. The Labute approximate surface area is 119 Å². The molecule has 2 aliphatic rings. The topological polar surface area (TPSA) is 45.5 Å². The van der Waals surface area contributed by atoms with Crippen LogP contribution in [0.15, 0.2) is 18.2 Å². The minimum atomic E-state index is -0.0298. The standard InChI is InChI=1S/C16H20N2O2/c17-12-14(18-6-2-1-3-7-18)10-13-4-5-15-16(11-13)20-9-8-19-15/h4-5,11,14H,1-3,6-10H2. The molecular weight excluding hydrogens is 252 g/mol. The molecule has 20 heavy (non-hydrogen) atoms. The number of benzene rings is 1. The molecule has 3 rings (SSSR count). The van der Waals surface area contributed by atoms with Crippen LogP contribution < -0.4 is 9.47 Å². The molecule has 4 nitrogen and oxygen atoms in total. The van der Waals surface area contributed by atoms with E-state index in [0.717, 1.165) is 36.6 Å². The van der Waals surface area contributed by atoms with Gasteiger partial charge < -0.3 is 9.47 Å². The Morgan fingerprint density at radius 3 is 2.60 bits per heavy atom. The minimum Gasteiger partial charge on any atom is -0.486 e. The first-order chi connectivity index (χ1) is 9.86. The van der Waals surface area contributed by atoms with Crippen LogP contribution in [-0.2, 0) is 6.42 Å². The number of nitriles is 1. The number of hydrogen-bond donors (Lipinski definition) is 0. The lowest BCUT2D eigenvalue weighted by molar-refractivity contribution is 0.171. The van der Waals surface area contributed by atoms with Gasteiger partial charge in [-0.3, -0.25) is 4.90 Å². The van der Waals surface area contributed by atoms with Crippen molar-refractivity contribution in [1.82, 2.24) is 4.90 Å². The van der Waals surface area contributed by atoms with E-state index >= 15 is 0 Å². The van der Waals surface area contributed by atoms with E-state index in [4.69, 9.17) is 9.47 Å². The zero-order chi connectivity index (χ0) is 13.8. The Bertz CT molecular complexity index is 504. The van der Waals surface area contributed by atoms with Crippen molar-refractivity contribution in [1.29, 1.82) is 5.26 Å². The summed E-state index contributed by atoms with van der Waals surface area (Å²) in [6.45, 7) is 3.30. The fourth-order valence-corrected chi connectivity index (χ4v) is 2.92. The second kappa shape index (κ2) is 6.15. The van der Waals surface area contributed by atoms with Crippen molar-refractivity contribution >= 4 is 0 Å². The fourth-order valence-electron chi connectivity index (χ4n) is 2.92. The molecule has 0 aromatic heterocycles. The maximum atomic E-state index is 9.43. The average molecular weight is 272 g/mol. The number of likely N-dealkylation sites (tertiary alicyclic amines) is 1. The molecule has 1 saturated heterocycles. The van der Waals surface area contributed by atoms with E-state index in [0.29, 0.717) is 13.2 Å². The molecule has 1 unspecified atom stereocenters. The summed E-state index contributed by atoms with van der Waals surface area (Å²) in [4.78, 5) is 2.31. The van der Waals surface area contributed by atoms with Crippen LogP contribution in [0.4, 0.5) is 0 Å². The SMILES string of the molecule is N#CC(Cc1ccc2c(c1)OCCO2)N1CCCCC1. The third-order valence-electron chi connectivity index (χ3n) is 4.02. The number of nitrogens with zero attached hydrogens (tertiary/aromatic N) is 2. The molecule has 0 saturated carbocycles. The van der Waals surface area contributed by atoms with Crippen LogP contribution in [0, 0.1) is 11.3 Å². The van der Waals surface area contributed by atoms with E-state index in [-0.39, 0.29) is 6.04 Å². The molecule has 0 N–H and O–H groups in total. The quantitative estimate of drug-likeness (QED) is 0.847. The van der Waals surface area contributed by atoms with Crippen molar-refractivity contribution in [2.45, 2.75) is 31.7 Å². The number of fused-ring (bicyclic) bond motifs is 1. The van der Waals surface area contributed by atoms with E-state index in [1.165, 1.54) is 19.3 Å². The number of piperidine rings is 1. The molecule has 1 fully saturated rings. The fraction of sp³-hybridized carbons (Fsp3) is 0.562. The van der Waals surface area contributed by atoms with Crippen molar-refractivity contribution in [2.75, 3.05) is 26.3 Å². The van der Waals surface area contributed by atoms with Gasteiger partial charge >= 0.3 is 0 Å². The molecule has 4 heteroatoms. The maximum Gasteiger partial charge on any atom is 0.161 e. The first kappa shape index (κ1) is 13.3.